The summed E-state index contributed by atoms with van der Waals surface area (Å²) in [6.45, 7) is 11.9. The normalized spacial score (nSPS) is 11.1. The van der Waals surface area contributed by atoms with E-state index >= 15 is 0 Å². The van der Waals surface area contributed by atoms with Gasteiger partial charge in [0.25, 0.3) is 0 Å². The minimum atomic E-state index is 0.540. The molecule has 33 heavy (non-hydrogen) atoms. The number of hydrogen-bond acceptors (Lipinski definition) is 6. The first-order valence-corrected chi connectivity index (χ1v) is 12.6. The highest BCUT2D eigenvalue weighted by Gasteiger charge is 1.98. The van der Waals surface area contributed by atoms with Crippen LogP contribution in [0.3, 0.4) is 0 Å². The van der Waals surface area contributed by atoms with E-state index in [-0.39, 0.29) is 0 Å². The van der Waals surface area contributed by atoms with E-state index in [4.69, 9.17) is 28.4 Å². The van der Waals surface area contributed by atoms with E-state index in [9.17, 15) is 0 Å². The van der Waals surface area contributed by atoms with Crippen molar-refractivity contribution in [3.63, 3.8) is 0 Å². The van der Waals surface area contributed by atoms with Gasteiger partial charge in [-0.2, -0.15) is 0 Å². The van der Waals surface area contributed by atoms with E-state index in [1.54, 1.807) is 6.08 Å². The minimum Gasteiger partial charge on any atom is -0.491 e. The van der Waals surface area contributed by atoms with Crippen molar-refractivity contribution in [3.8, 4) is 5.75 Å². The lowest BCUT2D eigenvalue weighted by molar-refractivity contribution is -0.0112. The number of ether oxygens (including phenoxy) is 6. The standard InChI is InChI=1S/C27H46O6/c1-3-5-6-7-8-9-10-26-11-13-27(14-12-26)33-25-24-32-23-22-31-21-20-30-19-18-29-17-16-28-15-4-2/h4,11-14H,2-3,5-10,15-25H2,1H3. The third-order valence-electron chi connectivity index (χ3n) is 4.96. The van der Waals surface area contributed by atoms with Gasteiger partial charge in [-0.05, 0) is 30.5 Å². The molecule has 0 heterocycles. The van der Waals surface area contributed by atoms with E-state index in [0.717, 1.165) is 12.2 Å². The lowest BCUT2D eigenvalue weighted by atomic mass is 10.0. The Hall–Kier alpha value is -1.44. The van der Waals surface area contributed by atoms with Gasteiger partial charge >= 0.3 is 0 Å². The van der Waals surface area contributed by atoms with Crippen LogP contribution in [-0.4, -0.2) is 72.7 Å². The summed E-state index contributed by atoms with van der Waals surface area (Å²) in [5.74, 6) is 0.895. The van der Waals surface area contributed by atoms with Gasteiger partial charge in [-0.1, -0.05) is 57.2 Å². The van der Waals surface area contributed by atoms with Crippen molar-refractivity contribution >= 4 is 0 Å². The van der Waals surface area contributed by atoms with Crippen LogP contribution in [0.4, 0.5) is 0 Å². The van der Waals surface area contributed by atoms with Gasteiger partial charge in [0, 0.05) is 0 Å². The molecule has 0 spiro atoms. The van der Waals surface area contributed by atoms with Gasteiger partial charge in [-0.15, -0.1) is 6.58 Å². The molecule has 0 aliphatic heterocycles. The van der Waals surface area contributed by atoms with E-state index in [0.29, 0.717) is 72.7 Å². The molecule has 0 atom stereocenters. The smallest absolute Gasteiger partial charge is 0.119 e. The summed E-state index contributed by atoms with van der Waals surface area (Å²) in [6.07, 6.45) is 10.9. The molecule has 0 radical (unpaired) electrons. The molecule has 0 aliphatic rings. The maximum Gasteiger partial charge on any atom is 0.119 e. The van der Waals surface area contributed by atoms with Crippen molar-refractivity contribution < 1.29 is 28.4 Å². The third-order valence-corrected chi connectivity index (χ3v) is 4.96. The molecule has 0 amide bonds. The first kappa shape index (κ1) is 29.6. The van der Waals surface area contributed by atoms with Crippen LogP contribution in [0.5, 0.6) is 5.75 Å². The number of benzene rings is 1. The Labute approximate surface area is 201 Å². The SMILES string of the molecule is C=CCOCCOCCOCCOCCOCCOc1ccc(CCCCCCCC)cc1. The second kappa shape index (κ2) is 23.7. The Morgan fingerprint density at radius 1 is 0.606 bits per heavy atom. The Kier molecular flexibility index (Phi) is 21.3. The molecule has 1 rings (SSSR count). The molecular weight excluding hydrogens is 420 g/mol. The van der Waals surface area contributed by atoms with E-state index in [1.807, 2.05) is 0 Å². The van der Waals surface area contributed by atoms with Gasteiger partial charge in [-0.25, -0.2) is 0 Å². The minimum absolute atomic E-state index is 0.540. The van der Waals surface area contributed by atoms with Crippen LogP contribution in [0, 0.1) is 0 Å². The highest BCUT2D eigenvalue weighted by atomic mass is 16.6. The van der Waals surface area contributed by atoms with Crippen LogP contribution in [0.2, 0.25) is 0 Å². The summed E-state index contributed by atoms with van der Waals surface area (Å²) in [7, 11) is 0. The highest BCUT2D eigenvalue weighted by Crippen LogP contribution is 2.15. The van der Waals surface area contributed by atoms with Crippen molar-refractivity contribution in [2.45, 2.75) is 51.9 Å². The number of rotatable bonds is 25. The van der Waals surface area contributed by atoms with Crippen molar-refractivity contribution in [3.05, 3.63) is 42.5 Å². The predicted molar refractivity (Wildman–Crippen MR) is 133 cm³/mol. The Morgan fingerprint density at radius 2 is 1.09 bits per heavy atom. The molecule has 1 aromatic rings. The van der Waals surface area contributed by atoms with Gasteiger partial charge in [0.15, 0.2) is 0 Å². The summed E-state index contributed by atoms with van der Waals surface area (Å²) >= 11 is 0. The fraction of sp³-hybridized carbons (Fsp3) is 0.704. The van der Waals surface area contributed by atoms with Gasteiger partial charge in [-0.3, -0.25) is 0 Å². The summed E-state index contributed by atoms with van der Waals surface area (Å²) in [5.41, 5.74) is 1.39. The van der Waals surface area contributed by atoms with E-state index in [1.165, 1.54) is 44.1 Å². The molecule has 190 valence electrons. The van der Waals surface area contributed by atoms with Crippen LogP contribution in [0.25, 0.3) is 0 Å². The highest BCUT2D eigenvalue weighted by molar-refractivity contribution is 5.27. The molecule has 6 heteroatoms. The molecule has 0 saturated carbocycles. The zero-order chi connectivity index (χ0) is 23.7. The van der Waals surface area contributed by atoms with Gasteiger partial charge in [0.1, 0.15) is 12.4 Å². The fourth-order valence-corrected chi connectivity index (χ4v) is 3.13. The second-order valence-electron chi connectivity index (χ2n) is 7.82. The summed E-state index contributed by atoms with van der Waals surface area (Å²) in [4.78, 5) is 0. The Balaban J connectivity index is 1.83. The first-order chi connectivity index (χ1) is 16.4. The predicted octanol–water partition coefficient (Wildman–Crippen LogP) is 5.24. The fourth-order valence-electron chi connectivity index (χ4n) is 3.13. The summed E-state index contributed by atoms with van der Waals surface area (Å²) < 4.78 is 32.8. The zero-order valence-electron chi connectivity index (χ0n) is 20.8. The van der Waals surface area contributed by atoms with Gasteiger partial charge in [0.2, 0.25) is 0 Å². The van der Waals surface area contributed by atoms with Crippen molar-refractivity contribution in [2.24, 2.45) is 0 Å². The monoisotopic (exact) mass is 466 g/mol. The summed E-state index contributed by atoms with van der Waals surface area (Å²) in [6, 6.07) is 8.45. The van der Waals surface area contributed by atoms with Crippen LogP contribution < -0.4 is 4.74 Å². The average Bonchev–Trinajstić information content (AvgIpc) is 2.84. The average molecular weight is 467 g/mol. The molecule has 0 unspecified atom stereocenters. The van der Waals surface area contributed by atoms with E-state index < -0.39 is 0 Å². The quantitative estimate of drug-likeness (QED) is 0.145. The molecule has 0 bridgehead atoms. The Morgan fingerprint density at radius 3 is 1.64 bits per heavy atom. The topological polar surface area (TPSA) is 55.4 Å². The lowest BCUT2D eigenvalue weighted by Gasteiger charge is -2.09. The molecular formula is C27H46O6. The Bertz CT molecular complexity index is 534. The molecule has 6 nitrogen and oxygen atoms in total. The van der Waals surface area contributed by atoms with E-state index in [2.05, 4.69) is 37.8 Å². The largest absolute Gasteiger partial charge is 0.491 e. The van der Waals surface area contributed by atoms with Crippen LogP contribution in [0.1, 0.15) is 51.0 Å². The maximum atomic E-state index is 5.74. The molecule has 0 aromatic heterocycles. The number of unbranched alkanes of at least 4 members (excludes halogenated alkanes) is 5. The van der Waals surface area contributed by atoms with Crippen molar-refractivity contribution in [1.82, 2.24) is 0 Å². The third kappa shape index (κ3) is 19.7. The molecule has 0 saturated heterocycles. The van der Waals surface area contributed by atoms with Gasteiger partial charge in [0.05, 0.1) is 66.1 Å². The molecule has 0 aliphatic carbocycles. The molecule has 0 N–H and O–H groups in total. The van der Waals surface area contributed by atoms with Crippen molar-refractivity contribution in [1.29, 1.82) is 0 Å². The zero-order valence-corrected chi connectivity index (χ0v) is 20.8. The maximum absolute atomic E-state index is 5.74. The number of hydrogen-bond donors (Lipinski definition) is 0. The first-order valence-electron chi connectivity index (χ1n) is 12.6. The second-order valence-corrected chi connectivity index (χ2v) is 7.82. The lowest BCUT2D eigenvalue weighted by Crippen LogP contribution is -2.14. The molecule has 1 aromatic carbocycles. The summed E-state index contributed by atoms with van der Waals surface area (Å²) in [5, 5.41) is 0. The van der Waals surface area contributed by atoms with Crippen LogP contribution in [-0.2, 0) is 30.1 Å². The number of aryl methyl sites for hydroxylation is 1. The van der Waals surface area contributed by atoms with Crippen molar-refractivity contribution in [2.75, 3.05) is 72.7 Å². The molecule has 0 fully saturated rings. The van der Waals surface area contributed by atoms with Crippen LogP contribution >= 0.6 is 0 Å². The van der Waals surface area contributed by atoms with Gasteiger partial charge < -0.3 is 28.4 Å². The van der Waals surface area contributed by atoms with Crippen LogP contribution in [0.15, 0.2) is 36.9 Å².